The third-order valence-corrected chi connectivity index (χ3v) is 3.02. The van der Waals surface area contributed by atoms with E-state index in [1.807, 2.05) is 0 Å². The zero-order valence-corrected chi connectivity index (χ0v) is 8.70. The minimum Gasteiger partial charge on any atom is -0.276 e. The van der Waals surface area contributed by atoms with Gasteiger partial charge in [0.25, 0.3) is 0 Å². The van der Waals surface area contributed by atoms with E-state index in [4.69, 9.17) is 23.2 Å². The number of rotatable bonds is 0. The summed E-state index contributed by atoms with van der Waals surface area (Å²) in [6, 6.07) is 0. The number of hydrogen-bond acceptors (Lipinski definition) is 2. The number of pyridine rings is 1. The molecule has 0 atom stereocenters. The first kappa shape index (κ1) is 8.29. The summed E-state index contributed by atoms with van der Waals surface area (Å²) < 4.78 is 0.682. The van der Waals surface area contributed by atoms with Gasteiger partial charge in [-0.3, -0.25) is 5.10 Å². The van der Waals surface area contributed by atoms with E-state index in [2.05, 4.69) is 31.1 Å². The van der Waals surface area contributed by atoms with Crippen LogP contribution in [0, 0.1) is 0 Å². The Kier molecular flexibility index (Phi) is 1.98. The molecule has 0 aliphatic carbocycles. The van der Waals surface area contributed by atoms with Crippen molar-refractivity contribution in [3.05, 3.63) is 21.0 Å². The predicted molar refractivity (Wildman–Crippen MR) is 51.6 cm³/mol. The molecule has 0 bridgehead atoms. The maximum Gasteiger partial charge on any atom is 0.147 e. The number of halogens is 3. The zero-order valence-electron chi connectivity index (χ0n) is 5.61. The molecule has 2 aromatic rings. The molecule has 12 heavy (non-hydrogen) atoms. The quantitative estimate of drug-likeness (QED) is 0.745. The second-order valence-electron chi connectivity index (χ2n) is 2.17. The Balaban J connectivity index is 2.97. The van der Waals surface area contributed by atoms with Crippen LogP contribution in [0.4, 0.5) is 0 Å². The summed E-state index contributed by atoms with van der Waals surface area (Å²) in [5.41, 5.74) is 0.764. The van der Waals surface area contributed by atoms with Crippen molar-refractivity contribution in [1.82, 2.24) is 15.2 Å². The second-order valence-corrected chi connectivity index (χ2v) is 3.68. The molecule has 0 saturated carbocycles. The lowest BCUT2D eigenvalue weighted by Crippen LogP contribution is -1.81. The van der Waals surface area contributed by atoms with Crippen LogP contribution in [0.3, 0.4) is 0 Å². The number of aromatic amines is 1. The fourth-order valence-electron chi connectivity index (χ4n) is 0.909. The van der Waals surface area contributed by atoms with Crippen molar-refractivity contribution in [1.29, 1.82) is 0 Å². The highest BCUT2D eigenvalue weighted by molar-refractivity contribution is 9.10. The molecule has 0 fully saturated rings. The van der Waals surface area contributed by atoms with Crippen LogP contribution in [0.15, 0.2) is 10.7 Å². The van der Waals surface area contributed by atoms with E-state index < -0.39 is 0 Å². The molecule has 0 saturated heterocycles. The van der Waals surface area contributed by atoms with Gasteiger partial charge in [0.05, 0.1) is 21.6 Å². The lowest BCUT2D eigenvalue weighted by Gasteiger charge is -1.97. The van der Waals surface area contributed by atoms with Gasteiger partial charge in [0, 0.05) is 0 Å². The molecule has 62 valence electrons. The lowest BCUT2D eigenvalue weighted by atomic mass is 10.3. The summed E-state index contributed by atoms with van der Waals surface area (Å²) in [5, 5.41) is 8.03. The van der Waals surface area contributed by atoms with Crippen molar-refractivity contribution < 1.29 is 0 Å². The molecular weight excluding hydrogens is 265 g/mol. The molecule has 0 radical (unpaired) electrons. The first-order valence-corrected chi connectivity index (χ1v) is 4.58. The SMILES string of the molecule is Clc1nc(Cl)c2cn[nH]c2c1Br. The van der Waals surface area contributed by atoms with Gasteiger partial charge in [-0.1, -0.05) is 23.2 Å². The topological polar surface area (TPSA) is 41.6 Å². The molecule has 1 N–H and O–H groups in total. The van der Waals surface area contributed by atoms with Gasteiger partial charge in [-0.05, 0) is 15.9 Å². The van der Waals surface area contributed by atoms with Gasteiger partial charge in [0.1, 0.15) is 10.3 Å². The number of nitrogens with zero attached hydrogens (tertiary/aromatic N) is 2. The Morgan fingerprint density at radius 1 is 1.33 bits per heavy atom. The normalized spacial score (nSPS) is 10.9. The van der Waals surface area contributed by atoms with Gasteiger partial charge < -0.3 is 0 Å². The van der Waals surface area contributed by atoms with Crippen molar-refractivity contribution in [2.24, 2.45) is 0 Å². The van der Waals surface area contributed by atoms with E-state index in [1.54, 1.807) is 6.20 Å². The number of nitrogens with one attached hydrogen (secondary N) is 1. The van der Waals surface area contributed by atoms with Crippen molar-refractivity contribution in [2.75, 3.05) is 0 Å². The average Bonchev–Trinajstić information content (AvgIpc) is 2.48. The monoisotopic (exact) mass is 265 g/mol. The maximum absolute atomic E-state index is 5.80. The fourth-order valence-corrected chi connectivity index (χ4v) is 1.75. The summed E-state index contributed by atoms with van der Waals surface area (Å²) in [6.07, 6.45) is 1.60. The number of fused-ring (bicyclic) bond motifs is 1. The van der Waals surface area contributed by atoms with E-state index in [0.29, 0.717) is 14.8 Å². The highest BCUT2D eigenvalue weighted by atomic mass is 79.9. The van der Waals surface area contributed by atoms with Crippen LogP contribution in [0.5, 0.6) is 0 Å². The van der Waals surface area contributed by atoms with E-state index in [9.17, 15) is 0 Å². The summed E-state index contributed by atoms with van der Waals surface area (Å²) in [7, 11) is 0. The van der Waals surface area contributed by atoms with Crippen LogP contribution >= 0.6 is 39.1 Å². The van der Waals surface area contributed by atoms with Crippen LogP contribution < -0.4 is 0 Å². The molecular formula is C6H2BrCl2N3. The molecule has 0 unspecified atom stereocenters. The summed E-state index contributed by atoms with van der Waals surface area (Å²) in [4.78, 5) is 3.90. The number of hydrogen-bond donors (Lipinski definition) is 1. The predicted octanol–water partition coefficient (Wildman–Crippen LogP) is 3.03. The van der Waals surface area contributed by atoms with Gasteiger partial charge in [0.15, 0.2) is 0 Å². The van der Waals surface area contributed by atoms with E-state index in [1.165, 1.54) is 0 Å². The molecule has 0 aliphatic heterocycles. The highest BCUT2D eigenvalue weighted by Gasteiger charge is 2.10. The molecule has 0 aromatic carbocycles. The largest absolute Gasteiger partial charge is 0.276 e. The standard InChI is InChI=1S/C6H2BrCl2N3/c7-3-4-2(1-10-12-4)5(8)11-6(3)9/h1H,(H,10,12). The van der Waals surface area contributed by atoms with Crippen LogP contribution in [0.25, 0.3) is 10.9 Å². The van der Waals surface area contributed by atoms with Gasteiger partial charge in [0.2, 0.25) is 0 Å². The third-order valence-electron chi connectivity index (χ3n) is 1.46. The average molecular weight is 267 g/mol. The summed E-state index contributed by atoms with van der Waals surface area (Å²) >= 11 is 14.8. The van der Waals surface area contributed by atoms with Crippen molar-refractivity contribution in [3.8, 4) is 0 Å². The maximum atomic E-state index is 5.80. The van der Waals surface area contributed by atoms with Crippen LogP contribution in [0.1, 0.15) is 0 Å². The third kappa shape index (κ3) is 1.11. The molecule has 0 aliphatic rings. The smallest absolute Gasteiger partial charge is 0.147 e. The Labute approximate surface area is 86.2 Å². The Bertz CT molecular complexity index is 440. The zero-order chi connectivity index (χ0) is 8.72. The minimum atomic E-state index is 0.330. The Morgan fingerprint density at radius 3 is 2.83 bits per heavy atom. The van der Waals surface area contributed by atoms with Crippen molar-refractivity contribution >= 4 is 50.0 Å². The summed E-state index contributed by atoms with van der Waals surface area (Å²) in [5.74, 6) is 0. The van der Waals surface area contributed by atoms with E-state index in [-0.39, 0.29) is 0 Å². The molecule has 3 nitrogen and oxygen atoms in total. The van der Waals surface area contributed by atoms with E-state index in [0.717, 1.165) is 10.9 Å². The minimum absolute atomic E-state index is 0.330. The van der Waals surface area contributed by atoms with Crippen molar-refractivity contribution in [3.63, 3.8) is 0 Å². The fraction of sp³-hybridized carbons (Fsp3) is 0. The highest BCUT2D eigenvalue weighted by Crippen LogP contribution is 2.31. The first-order valence-electron chi connectivity index (χ1n) is 3.03. The van der Waals surface area contributed by atoms with Crippen LogP contribution in [-0.2, 0) is 0 Å². The Morgan fingerprint density at radius 2 is 2.08 bits per heavy atom. The van der Waals surface area contributed by atoms with Crippen LogP contribution in [0.2, 0.25) is 10.3 Å². The molecule has 0 spiro atoms. The molecule has 0 amide bonds. The number of H-pyrrole nitrogens is 1. The van der Waals surface area contributed by atoms with Gasteiger partial charge in [-0.2, -0.15) is 5.10 Å². The Hall–Kier alpha value is -0.320. The van der Waals surface area contributed by atoms with Gasteiger partial charge in [-0.15, -0.1) is 0 Å². The number of aromatic nitrogens is 3. The second kappa shape index (κ2) is 2.87. The van der Waals surface area contributed by atoms with E-state index >= 15 is 0 Å². The molecule has 6 heteroatoms. The summed E-state index contributed by atoms with van der Waals surface area (Å²) in [6.45, 7) is 0. The first-order chi connectivity index (χ1) is 5.70. The molecule has 2 heterocycles. The van der Waals surface area contributed by atoms with Gasteiger partial charge >= 0.3 is 0 Å². The lowest BCUT2D eigenvalue weighted by molar-refractivity contribution is 1.12. The van der Waals surface area contributed by atoms with Crippen molar-refractivity contribution in [2.45, 2.75) is 0 Å². The van der Waals surface area contributed by atoms with Gasteiger partial charge in [-0.25, -0.2) is 4.98 Å². The molecule has 2 aromatic heterocycles. The van der Waals surface area contributed by atoms with Crippen LogP contribution in [-0.4, -0.2) is 15.2 Å². The molecule has 2 rings (SSSR count).